The third kappa shape index (κ3) is 8.32. The van der Waals surface area contributed by atoms with Crippen molar-refractivity contribution in [3.63, 3.8) is 0 Å². The average Bonchev–Trinajstić information content (AvgIpc) is 3.51. The Hall–Kier alpha value is -4.05. The van der Waals surface area contributed by atoms with E-state index in [2.05, 4.69) is 72.8 Å². The Labute approximate surface area is 287 Å². The first-order valence-electron chi connectivity index (χ1n) is 17.0. The number of quaternary nitrogens is 1. The van der Waals surface area contributed by atoms with Gasteiger partial charge in [0.05, 0.1) is 48.3 Å². The molecular formula is C39H49N4O4S+. The van der Waals surface area contributed by atoms with E-state index in [4.69, 9.17) is 15.2 Å². The maximum Gasteiger partial charge on any atom is 0.244 e. The zero-order valence-corrected chi connectivity index (χ0v) is 29.5. The zero-order valence-electron chi connectivity index (χ0n) is 28.7. The maximum absolute atomic E-state index is 13.5. The summed E-state index contributed by atoms with van der Waals surface area (Å²) in [5.74, 6) is 1.23. The Morgan fingerprint density at radius 1 is 1.02 bits per heavy atom. The van der Waals surface area contributed by atoms with E-state index in [0.717, 1.165) is 76.9 Å². The van der Waals surface area contributed by atoms with Gasteiger partial charge in [-0.05, 0) is 73.4 Å². The number of aromatic nitrogens is 2. The molecule has 5 rings (SSSR count). The monoisotopic (exact) mass is 669 g/mol. The minimum atomic E-state index is -1.20. The summed E-state index contributed by atoms with van der Waals surface area (Å²) in [7, 11) is -1.20. The molecule has 4 aromatic rings. The highest BCUT2D eigenvalue weighted by Crippen LogP contribution is 2.43. The van der Waals surface area contributed by atoms with Crippen LogP contribution in [0, 0.1) is 5.92 Å². The predicted molar refractivity (Wildman–Crippen MR) is 195 cm³/mol. The molecule has 2 unspecified atom stereocenters. The Balaban J connectivity index is 1.51. The lowest BCUT2D eigenvalue weighted by molar-refractivity contribution is -0.114. The summed E-state index contributed by atoms with van der Waals surface area (Å²) in [6.45, 7) is 12.9. The quantitative estimate of drug-likeness (QED) is 0.104. The van der Waals surface area contributed by atoms with E-state index in [1.165, 1.54) is 0 Å². The molecule has 0 fully saturated rings. The Morgan fingerprint density at radius 2 is 1.77 bits per heavy atom. The fourth-order valence-corrected chi connectivity index (χ4v) is 7.77. The fraction of sp³-hybridized carbons (Fsp3) is 0.385. The minimum Gasteiger partial charge on any atom is -0.491 e. The minimum absolute atomic E-state index is 0.379. The maximum atomic E-state index is 13.5. The number of ether oxygens (including phenoxy) is 2. The van der Waals surface area contributed by atoms with Crippen LogP contribution < -0.4 is 15.0 Å². The number of hydrogen-bond donors (Lipinski definition) is 1. The first-order valence-corrected chi connectivity index (χ1v) is 18.4. The number of carbonyl (C=O) groups is 1. The molecule has 0 saturated carbocycles. The first kappa shape index (κ1) is 35.3. The first-order chi connectivity index (χ1) is 23.2. The largest absolute Gasteiger partial charge is 0.491 e. The van der Waals surface area contributed by atoms with Gasteiger partial charge in [-0.3, -0.25) is 13.5 Å². The molecule has 0 saturated heterocycles. The van der Waals surface area contributed by atoms with E-state index in [9.17, 15) is 9.00 Å². The molecule has 0 bridgehead atoms. The molecule has 0 spiro atoms. The van der Waals surface area contributed by atoms with Crippen molar-refractivity contribution in [3.05, 3.63) is 96.1 Å². The summed E-state index contributed by atoms with van der Waals surface area (Å²) in [5.41, 5.74) is 12.8. The van der Waals surface area contributed by atoms with Crippen LogP contribution in [0.5, 0.6) is 5.75 Å². The van der Waals surface area contributed by atoms with E-state index < -0.39 is 10.8 Å². The lowest BCUT2D eigenvalue weighted by atomic mass is 9.93. The number of fused-ring (bicyclic) bond motifs is 1. The Bertz CT molecular complexity index is 1730. The molecule has 48 heavy (non-hydrogen) atoms. The van der Waals surface area contributed by atoms with Gasteiger partial charge in [-0.1, -0.05) is 32.9 Å². The lowest BCUT2D eigenvalue weighted by Crippen LogP contribution is -2.48. The summed E-state index contributed by atoms with van der Waals surface area (Å²) in [5, 5.41) is 0. The molecule has 1 aliphatic heterocycles. The van der Waals surface area contributed by atoms with Gasteiger partial charge < -0.3 is 19.8 Å². The van der Waals surface area contributed by atoms with E-state index in [0.29, 0.717) is 48.0 Å². The molecular weight excluding hydrogens is 621 g/mol. The number of benzene rings is 3. The molecule has 254 valence electrons. The Morgan fingerprint density at radius 3 is 2.46 bits per heavy atom. The van der Waals surface area contributed by atoms with Gasteiger partial charge in [0.15, 0.2) is 0 Å². The molecule has 3 aromatic carbocycles. The predicted octanol–water partition coefficient (Wildman–Crippen LogP) is 7.64. The van der Waals surface area contributed by atoms with Gasteiger partial charge in [0.25, 0.3) is 0 Å². The standard InChI is InChI=1S/C39H48N4O4S/c1-5-19-42-28-41-25-34(42)27-48(45)37-16-12-35(13-17-37)43(26-29(3)4)20-7-8-32(39(40)44)24-33-23-31(11-18-38(33)43)30-9-14-36(15-10-30)47-22-21-46-6-2/h9-18,23-25,28-29H,5-8,19-22,26-27H2,1-4H3,(H-,40,44)/p+1/b32-24+. The summed E-state index contributed by atoms with van der Waals surface area (Å²) in [4.78, 5) is 17.6. The van der Waals surface area contributed by atoms with Crippen molar-refractivity contribution in [3.8, 4) is 16.9 Å². The number of nitrogens with zero attached hydrogens (tertiary/aromatic N) is 3. The molecule has 1 amide bonds. The van der Waals surface area contributed by atoms with Gasteiger partial charge in [0.2, 0.25) is 5.91 Å². The van der Waals surface area contributed by atoms with Crippen LogP contribution in [-0.2, 0) is 32.6 Å². The third-order valence-corrected chi connectivity index (χ3v) is 10.2. The van der Waals surface area contributed by atoms with Crippen molar-refractivity contribution >= 4 is 34.2 Å². The highest BCUT2D eigenvalue weighted by atomic mass is 32.2. The van der Waals surface area contributed by atoms with Crippen LogP contribution in [-0.4, -0.2) is 52.6 Å². The summed E-state index contributed by atoms with van der Waals surface area (Å²) in [6.07, 6.45) is 8.03. The number of primary amides is 1. The number of nitrogens with two attached hydrogens (primary N) is 1. The number of rotatable bonds is 15. The number of amides is 1. The number of aryl methyl sites for hydroxylation is 1. The summed E-state index contributed by atoms with van der Waals surface area (Å²) in [6, 6.07) is 22.9. The van der Waals surface area contributed by atoms with Crippen LogP contribution in [0.4, 0.5) is 11.4 Å². The van der Waals surface area contributed by atoms with E-state index >= 15 is 0 Å². The van der Waals surface area contributed by atoms with Gasteiger partial charge in [-0.2, -0.15) is 0 Å². The molecule has 1 aromatic heterocycles. The zero-order chi connectivity index (χ0) is 34.1. The van der Waals surface area contributed by atoms with Crippen LogP contribution in [0.25, 0.3) is 17.2 Å². The van der Waals surface area contributed by atoms with Crippen LogP contribution in [0.3, 0.4) is 0 Å². The van der Waals surface area contributed by atoms with Crippen molar-refractivity contribution in [2.75, 3.05) is 32.9 Å². The van der Waals surface area contributed by atoms with Crippen molar-refractivity contribution in [2.45, 2.75) is 64.2 Å². The van der Waals surface area contributed by atoms with Crippen molar-refractivity contribution in [2.24, 2.45) is 11.7 Å². The van der Waals surface area contributed by atoms with Gasteiger partial charge in [-0.25, -0.2) is 4.98 Å². The second kappa shape index (κ2) is 16.4. The van der Waals surface area contributed by atoms with Gasteiger partial charge in [0, 0.05) is 65.9 Å². The second-order valence-corrected chi connectivity index (χ2v) is 14.3. The number of imidazole rings is 1. The highest BCUT2D eigenvalue weighted by Gasteiger charge is 2.37. The second-order valence-electron chi connectivity index (χ2n) is 12.8. The van der Waals surface area contributed by atoms with Crippen molar-refractivity contribution in [1.29, 1.82) is 0 Å². The van der Waals surface area contributed by atoms with Gasteiger partial charge in [0.1, 0.15) is 23.7 Å². The molecule has 2 N–H and O–H groups in total. The third-order valence-electron chi connectivity index (χ3n) is 8.82. The number of hydrogen-bond acceptors (Lipinski definition) is 5. The highest BCUT2D eigenvalue weighted by molar-refractivity contribution is 7.84. The summed E-state index contributed by atoms with van der Waals surface area (Å²) < 4.78 is 27.4. The smallest absolute Gasteiger partial charge is 0.244 e. The topological polar surface area (TPSA) is 96.4 Å². The van der Waals surface area contributed by atoms with E-state index in [1.54, 1.807) is 0 Å². The number of carbonyl (C=O) groups excluding carboxylic acids is 1. The molecule has 0 radical (unpaired) electrons. The molecule has 0 aliphatic carbocycles. The van der Waals surface area contributed by atoms with Crippen LogP contribution in [0.1, 0.15) is 58.2 Å². The summed E-state index contributed by atoms with van der Waals surface area (Å²) >= 11 is 0. The van der Waals surface area contributed by atoms with Gasteiger partial charge >= 0.3 is 0 Å². The molecule has 1 aliphatic rings. The van der Waals surface area contributed by atoms with E-state index in [1.807, 2.05) is 49.8 Å². The van der Waals surface area contributed by atoms with Crippen molar-refractivity contribution < 1.29 is 18.5 Å². The molecule has 9 heteroatoms. The lowest BCUT2D eigenvalue weighted by Gasteiger charge is -2.41. The fourth-order valence-electron chi connectivity index (χ4n) is 6.66. The van der Waals surface area contributed by atoms with Gasteiger partial charge in [-0.15, -0.1) is 0 Å². The average molecular weight is 670 g/mol. The Kier molecular flexibility index (Phi) is 12.0. The molecule has 2 heterocycles. The molecule has 2 atom stereocenters. The van der Waals surface area contributed by atoms with E-state index in [-0.39, 0.29) is 5.91 Å². The van der Waals surface area contributed by atoms with Crippen LogP contribution >= 0.6 is 0 Å². The normalized spacial score (nSPS) is 18.0. The van der Waals surface area contributed by atoms with Crippen molar-refractivity contribution in [1.82, 2.24) is 14.0 Å². The van der Waals surface area contributed by atoms with Crippen LogP contribution in [0.15, 0.2) is 89.7 Å². The van der Waals surface area contributed by atoms with Crippen LogP contribution in [0.2, 0.25) is 0 Å². The molecule has 8 nitrogen and oxygen atoms in total. The SMILES string of the molecule is CCCn1cncc1CS(=O)c1ccc([N+]2(CC(C)C)CCC/C(C(N)=O)=C\c3cc(-c4ccc(OCCOCC)cc4)ccc32)cc1.